The lowest BCUT2D eigenvalue weighted by Crippen LogP contribution is -2.52. The first-order valence-corrected chi connectivity index (χ1v) is 12.4. The second kappa shape index (κ2) is 11.8. The number of halogens is 1. The third-order valence-electron chi connectivity index (χ3n) is 6.28. The summed E-state index contributed by atoms with van der Waals surface area (Å²) in [5.74, 6) is 0.962. The molecular formula is C28H32FN5O3. The molecule has 37 heavy (non-hydrogen) atoms. The summed E-state index contributed by atoms with van der Waals surface area (Å²) in [6, 6.07) is 17.0. The summed E-state index contributed by atoms with van der Waals surface area (Å²) in [5.41, 5.74) is 2.10. The average molecular weight is 506 g/mol. The minimum atomic E-state index is -0.402. The molecule has 0 N–H and O–H groups in total. The Balaban J connectivity index is 1.34. The van der Waals surface area contributed by atoms with Crippen LogP contribution in [0, 0.1) is 11.7 Å². The van der Waals surface area contributed by atoms with Gasteiger partial charge in [0.25, 0.3) is 5.91 Å². The number of aromatic nitrogens is 2. The largest absolute Gasteiger partial charge is 0.497 e. The molecule has 2 aromatic carbocycles. The monoisotopic (exact) mass is 505 g/mol. The molecule has 0 aliphatic carbocycles. The molecule has 0 saturated carbocycles. The Labute approximate surface area is 216 Å². The molecule has 2 amide bonds. The molecule has 3 aromatic rings. The highest BCUT2D eigenvalue weighted by Crippen LogP contribution is 2.22. The zero-order valence-electron chi connectivity index (χ0n) is 21.4. The van der Waals surface area contributed by atoms with E-state index in [1.165, 1.54) is 24.3 Å². The molecule has 9 heteroatoms. The lowest BCUT2D eigenvalue weighted by molar-refractivity contribution is -0.132. The van der Waals surface area contributed by atoms with Gasteiger partial charge < -0.3 is 19.4 Å². The lowest BCUT2D eigenvalue weighted by Gasteiger charge is -2.36. The van der Waals surface area contributed by atoms with Crippen molar-refractivity contribution in [3.05, 3.63) is 72.0 Å². The van der Waals surface area contributed by atoms with Crippen molar-refractivity contribution in [3.8, 4) is 17.0 Å². The van der Waals surface area contributed by atoms with Gasteiger partial charge in [-0.3, -0.25) is 9.59 Å². The van der Waals surface area contributed by atoms with E-state index in [0.717, 1.165) is 22.8 Å². The number of benzene rings is 2. The Hall–Kier alpha value is -4.01. The lowest BCUT2D eigenvalue weighted by atomic mass is 10.1. The Morgan fingerprint density at radius 2 is 1.62 bits per heavy atom. The molecule has 1 fully saturated rings. The minimum Gasteiger partial charge on any atom is -0.497 e. The van der Waals surface area contributed by atoms with Crippen LogP contribution in [0.1, 0.15) is 24.2 Å². The summed E-state index contributed by atoms with van der Waals surface area (Å²) in [6.45, 7) is 6.73. The highest BCUT2D eigenvalue weighted by Gasteiger charge is 2.26. The van der Waals surface area contributed by atoms with Gasteiger partial charge in [0.2, 0.25) is 5.91 Å². The quantitative estimate of drug-likeness (QED) is 0.464. The molecule has 2 heterocycles. The molecule has 0 radical (unpaired) electrons. The normalized spacial score (nSPS) is 13.5. The summed E-state index contributed by atoms with van der Waals surface area (Å²) >= 11 is 0. The van der Waals surface area contributed by atoms with E-state index in [4.69, 9.17) is 4.74 Å². The van der Waals surface area contributed by atoms with Gasteiger partial charge in [-0.2, -0.15) is 0 Å². The predicted molar refractivity (Wildman–Crippen MR) is 140 cm³/mol. The third-order valence-corrected chi connectivity index (χ3v) is 6.28. The van der Waals surface area contributed by atoms with Gasteiger partial charge in [0, 0.05) is 43.9 Å². The number of anilines is 1. The molecule has 0 unspecified atom stereocenters. The molecule has 8 nitrogen and oxygen atoms in total. The van der Waals surface area contributed by atoms with Crippen LogP contribution in [0.4, 0.5) is 10.2 Å². The van der Waals surface area contributed by atoms with Crippen molar-refractivity contribution < 1.29 is 18.7 Å². The molecule has 1 aromatic heterocycles. The predicted octanol–water partition coefficient (Wildman–Crippen LogP) is 3.74. The van der Waals surface area contributed by atoms with Crippen molar-refractivity contribution in [1.82, 2.24) is 20.0 Å². The van der Waals surface area contributed by atoms with Crippen molar-refractivity contribution in [2.75, 3.05) is 51.3 Å². The van der Waals surface area contributed by atoms with Crippen LogP contribution < -0.4 is 9.64 Å². The van der Waals surface area contributed by atoms with Crippen LogP contribution in [0.5, 0.6) is 5.75 Å². The average Bonchev–Trinajstić information content (AvgIpc) is 2.92. The number of amides is 2. The number of nitrogens with zero attached hydrogens (tertiary/aromatic N) is 5. The summed E-state index contributed by atoms with van der Waals surface area (Å²) < 4.78 is 18.5. The van der Waals surface area contributed by atoms with E-state index in [-0.39, 0.29) is 24.3 Å². The Morgan fingerprint density at radius 3 is 2.19 bits per heavy atom. The third kappa shape index (κ3) is 6.61. The van der Waals surface area contributed by atoms with E-state index >= 15 is 0 Å². The first-order valence-electron chi connectivity index (χ1n) is 12.4. The van der Waals surface area contributed by atoms with Gasteiger partial charge in [0.05, 0.1) is 12.8 Å². The van der Waals surface area contributed by atoms with Crippen molar-refractivity contribution in [1.29, 1.82) is 0 Å². The van der Waals surface area contributed by atoms with E-state index in [1.807, 2.05) is 50.2 Å². The topological polar surface area (TPSA) is 78.9 Å². The van der Waals surface area contributed by atoms with Crippen LogP contribution in [-0.2, 0) is 4.79 Å². The molecule has 4 rings (SSSR count). The van der Waals surface area contributed by atoms with Crippen LogP contribution in [0.3, 0.4) is 0 Å². The van der Waals surface area contributed by atoms with E-state index in [9.17, 15) is 14.0 Å². The van der Waals surface area contributed by atoms with Gasteiger partial charge >= 0.3 is 0 Å². The van der Waals surface area contributed by atoms with Gasteiger partial charge in [-0.15, -0.1) is 10.2 Å². The van der Waals surface area contributed by atoms with E-state index in [2.05, 4.69) is 15.1 Å². The number of piperazine rings is 1. The van der Waals surface area contributed by atoms with Gasteiger partial charge in [-0.25, -0.2) is 4.39 Å². The van der Waals surface area contributed by atoms with Crippen LogP contribution >= 0.6 is 0 Å². The number of carbonyl (C=O) groups is 2. The maximum atomic E-state index is 13.3. The molecule has 0 atom stereocenters. The SMILES string of the molecule is COc1ccc(-c2ccc(N3CCN(C(=O)CN(CC(C)C)C(=O)c4ccc(F)cc4)CC3)nn2)cc1. The maximum Gasteiger partial charge on any atom is 0.254 e. The number of methoxy groups -OCH3 is 1. The van der Waals surface area contributed by atoms with Crippen molar-refractivity contribution in [2.24, 2.45) is 5.92 Å². The fourth-order valence-corrected chi connectivity index (χ4v) is 4.29. The van der Waals surface area contributed by atoms with Crippen molar-refractivity contribution in [2.45, 2.75) is 13.8 Å². The second-order valence-electron chi connectivity index (χ2n) is 9.46. The number of carbonyl (C=O) groups excluding carboxylic acids is 2. The Bertz CT molecular complexity index is 1190. The molecule has 1 saturated heterocycles. The maximum absolute atomic E-state index is 13.3. The van der Waals surface area contributed by atoms with Crippen LogP contribution in [0.15, 0.2) is 60.7 Å². The van der Waals surface area contributed by atoms with Gasteiger partial charge in [0.15, 0.2) is 5.82 Å². The summed E-state index contributed by atoms with van der Waals surface area (Å²) in [4.78, 5) is 31.5. The Morgan fingerprint density at radius 1 is 0.946 bits per heavy atom. The summed E-state index contributed by atoms with van der Waals surface area (Å²) in [7, 11) is 1.63. The highest BCUT2D eigenvalue weighted by molar-refractivity contribution is 5.96. The van der Waals surface area contributed by atoms with Crippen LogP contribution in [0.2, 0.25) is 0 Å². The molecule has 1 aliphatic rings. The van der Waals surface area contributed by atoms with E-state index in [0.29, 0.717) is 38.3 Å². The highest BCUT2D eigenvalue weighted by atomic mass is 19.1. The first-order chi connectivity index (χ1) is 17.8. The zero-order chi connectivity index (χ0) is 26.4. The van der Waals surface area contributed by atoms with Crippen LogP contribution in [-0.4, -0.2) is 78.2 Å². The van der Waals surface area contributed by atoms with Gasteiger partial charge in [-0.05, 0) is 66.6 Å². The number of rotatable bonds is 8. The van der Waals surface area contributed by atoms with Crippen molar-refractivity contribution in [3.63, 3.8) is 0 Å². The molecular weight excluding hydrogens is 473 g/mol. The standard InChI is InChI=1S/C28H32FN5O3/c1-20(2)18-34(28(36)22-4-8-23(29)9-5-22)19-27(35)33-16-14-32(15-17-33)26-13-12-25(30-31-26)21-6-10-24(37-3)11-7-21/h4-13,20H,14-19H2,1-3H3. The Kier molecular flexibility index (Phi) is 8.32. The summed E-state index contributed by atoms with van der Waals surface area (Å²) in [5, 5.41) is 8.77. The second-order valence-corrected chi connectivity index (χ2v) is 9.46. The number of hydrogen-bond acceptors (Lipinski definition) is 6. The van der Waals surface area contributed by atoms with Crippen LogP contribution in [0.25, 0.3) is 11.3 Å². The van der Waals surface area contributed by atoms with Crippen molar-refractivity contribution >= 4 is 17.6 Å². The molecule has 194 valence electrons. The van der Waals surface area contributed by atoms with E-state index < -0.39 is 5.82 Å². The zero-order valence-corrected chi connectivity index (χ0v) is 21.4. The van der Waals surface area contributed by atoms with Gasteiger partial charge in [0.1, 0.15) is 18.1 Å². The number of ether oxygens (including phenoxy) is 1. The number of hydrogen-bond donors (Lipinski definition) is 0. The smallest absolute Gasteiger partial charge is 0.254 e. The fraction of sp³-hybridized carbons (Fsp3) is 0.357. The minimum absolute atomic E-state index is 0.00917. The molecule has 0 bridgehead atoms. The fourth-order valence-electron chi connectivity index (χ4n) is 4.29. The molecule has 1 aliphatic heterocycles. The van der Waals surface area contributed by atoms with Gasteiger partial charge in [-0.1, -0.05) is 13.8 Å². The first kappa shape index (κ1) is 26.1. The summed E-state index contributed by atoms with van der Waals surface area (Å²) in [6.07, 6.45) is 0. The molecule has 0 spiro atoms. The van der Waals surface area contributed by atoms with E-state index in [1.54, 1.807) is 16.9 Å².